The lowest BCUT2D eigenvalue weighted by atomic mass is 9.92. The van der Waals surface area contributed by atoms with Crippen LogP contribution in [-0.2, 0) is 9.53 Å². The molecule has 8 nitrogen and oxygen atoms in total. The van der Waals surface area contributed by atoms with E-state index in [1.54, 1.807) is 6.26 Å². The first-order chi connectivity index (χ1) is 12.7. The molecular formula is C18H34N2O6S. The molecule has 0 bridgehead atoms. The number of nitrogens with zero attached hydrogens (tertiary/aromatic N) is 1. The third-order valence-corrected chi connectivity index (χ3v) is 6.51. The molecule has 2 aliphatic rings. The number of thioether (sulfide) groups is 1. The molecule has 2 fully saturated rings. The summed E-state index contributed by atoms with van der Waals surface area (Å²) in [5.41, 5.74) is -0.755. The maximum absolute atomic E-state index is 12.8. The summed E-state index contributed by atoms with van der Waals surface area (Å²) in [5, 5.41) is 43.5. The quantitative estimate of drug-likeness (QED) is 0.370. The van der Waals surface area contributed by atoms with Crippen LogP contribution < -0.4 is 5.32 Å². The minimum absolute atomic E-state index is 0.223. The topological polar surface area (TPSA) is 122 Å². The van der Waals surface area contributed by atoms with Gasteiger partial charge in [0.1, 0.15) is 29.9 Å². The Morgan fingerprint density at radius 2 is 1.96 bits per heavy atom. The van der Waals surface area contributed by atoms with E-state index in [0.29, 0.717) is 5.92 Å². The summed E-state index contributed by atoms with van der Waals surface area (Å²) in [5.74, 6) is 0.245. The lowest BCUT2D eigenvalue weighted by Crippen LogP contribution is -2.65. The highest BCUT2D eigenvalue weighted by molar-refractivity contribution is 7.99. The number of nitrogens with one attached hydrogen (secondary N) is 1. The van der Waals surface area contributed by atoms with Crippen molar-refractivity contribution in [1.82, 2.24) is 10.2 Å². The molecule has 27 heavy (non-hydrogen) atoms. The summed E-state index contributed by atoms with van der Waals surface area (Å²) in [6.07, 6.45) is -1.50. The van der Waals surface area contributed by atoms with Crippen molar-refractivity contribution < 1.29 is 30.0 Å². The van der Waals surface area contributed by atoms with Crippen LogP contribution in [0, 0.1) is 5.92 Å². The maximum atomic E-state index is 12.8. The zero-order chi connectivity index (χ0) is 20.3. The highest BCUT2D eigenvalue weighted by atomic mass is 32.2. The molecule has 1 amide bonds. The first-order valence-electron chi connectivity index (χ1n) is 9.62. The first kappa shape index (κ1) is 22.9. The molecule has 0 aromatic carbocycles. The highest BCUT2D eigenvalue weighted by Crippen LogP contribution is 2.30. The molecule has 2 heterocycles. The van der Waals surface area contributed by atoms with Crippen molar-refractivity contribution >= 4 is 17.7 Å². The summed E-state index contributed by atoms with van der Waals surface area (Å²) in [6.45, 7) is 4.48. The number of carbonyl (C=O) groups excluding carboxylic acids is 1. The fraction of sp³-hybridized carbons (Fsp3) is 0.944. The number of amides is 1. The summed E-state index contributed by atoms with van der Waals surface area (Å²) in [6, 6.07) is -1.20. The van der Waals surface area contributed by atoms with Gasteiger partial charge in [0.2, 0.25) is 5.91 Å². The predicted molar refractivity (Wildman–Crippen MR) is 103 cm³/mol. The predicted octanol–water partition coefficient (Wildman–Crippen LogP) is -0.857. The molecule has 5 N–H and O–H groups in total. The molecule has 158 valence electrons. The third-order valence-electron chi connectivity index (χ3n) is 5.66. The molecule has 0 aromatic rings. The Balaban J connectivity index is 2.09. The normalized spacial score (nSPS) is 39.9. The zero-order valence-electron chi connectivity index (χ0n) is 16.5. The van der Waals surface area contributed by atoms with Gasteiger partial charge in [0.15, 0.2) is 0 Å². The van der Waals surface area contributed by atoms with Crippen LogP contribution in [0.5, 0.6) is 0 Å². The highest BCUT2D eigenvalue weighted by Gasteiger charge is 2.48. The van der Waals surface area contributed by atoms with Gasteiger partial charge in [-0.05, 0) is 39.0 Å². The van der Waals surface area contributed by atoms with E-state index in [1.165, 1.54) is 18.7 Å². The molecular weight excluding hydrogens is 372 g/mol. The van der Waals surface area contributed by atoms with Gasteiger partial charge in [0, 0.05) is 6.54 Å². The van der Waals surface area contributed by atoms with Crippen molar-refractivity contribution in [3.8, 4) is 0 Å². The Bertz CT molecular complexity index is 494. The number of aliphatic hydroxyl groups excluding tert-OH is 4. The Kier molecular flexibility index (Phi) is 8.35. The minimum Gasteiger partial charge on any atom is -0.391 e. The third kappa shape index (κ3) is 5.14. The second kappa shape index (κ2) is 9.87. The van der Waals surface area contributed by atoms with Crippen LogP contribution in [0.3, 0.4) is 0 Å². The van der Waals surface area contributed by atoms with Gasteiger partial charge < -0.3 is 30.5 Å². The molecule has 0 aliphatic carbocycles. The second-order valence-corrected chi connectivity index (χ2v) is 8.73. The summed E-state index contributed by atoms with van der Waals surface area (Å²) >= 11 is 1.20. The van der Waals surface area contributed by atoms with Gasteiger partial charge >= 0.3 is 0 Å². The number of likely N-dealkylation sites (tertiary alicyclic amines) is 1. The van der Waals surface area contributed by atoms with Gasteiger partial charge in [-0.25, -0.2) is 0 Å². The van der Waals surface area contributed by atoms with Gasteiger partial charge in [-0.1, -0.05) is 13.3 Å². The molecule has 9 heteroatoms. The number of carbonyl (C=O) groups is 1. The summed E-state index contributed by atoms with van der Waals surface area (Å²) in [4.78, 5) is 14.9. The Labute approximate surface area is 165 Å². The first-order valence-corrected chi connectivity index (χ1v) is 10.9. The smallest absolute Gasteiger partial charge is 0.237 e. The van der Waals surface area contributed by atoms with Crippen molar-refractivity contribution in [2.45, 2.75) is 81.1 Å². The molecule has 2 rings (SSSR count). The van der Waals surface area contributed by atoms with Crippen LogP contribution in [0.1, 0.15) is 33.1 Å². The van der Waals surface area contributed by atoms with Gasteiger partial charge in [-0.3, -0.25) is 9.69 Å². The number of hydrogen-bond acceptors (Lipinski definition) is 8. The molecule has 0 aromatic heterocycles. The number of hydrogen-bond donors (Lipinski definition) is 5. The van der Waals surface area contributed by atoms with E-state index in [2.05, 4.69) is 12.2 Å². The van der Waals surface area contributed by atoms with Crippen molar-refractivity contribution in [2.24, 2.45) is 5.92 Å². The van der Waals surface area contributed by atoms with Crippen LogP contribution in [0.25, 0.3) is 0 Å². The Morgan fingerprint density at radius 3 is 2.52 bits per heavy atom. The molecule has 0 unspecified atom stereocenters. The van der Waals surface area contributed by atoms with Gasteiger partial charge in [-0.15, -0.1) is 11.8 Å². The lowest BCUT2D eigenvalue weighted by Gasteiger charge is -2.44. The van der Waals surface area contributed by atoms with Gasteiger partial charge in [0.05, 0.1) is 18.2 Å². The average Bonchev–Trinajstić information content (AvgIpc) is 2.99. The van der Waals surface area contributed by atoms with Gasteiger partial charge in [0.25, 0.3) is 0 Å². The Hall–Kier alpha value is -0.420. The maximum Gasteiger partial charge on any atom is 0.237 e. The van der Waals surface area contributed by atoms with E-state index < -0.39 is 42.0 Å². The van der Waals surface area contributed by atoms with Crippen LogP contribution in [0.2, 0.25) is 0 Å². The average molecular weight is 407 g/mol. The number of likely N-dealkylation sites (N-methyl/N-ethyl adjacent to an activating group) is 1. The molecule has 0 saturated carbocycles. The van der Waals surface area contributed by atoms with E-state index in [4.69, 9.17) is 4.74 Å². The van der Waals surface area contributed by atoms with Crippen LogP contribution in [-0.4, -0.2) is 99.1 Å². The lowest BCUT2D eigenvalue weighted by molar-refractivity contribution is -0.211. The summed E-state index contributed by atoms with van der Waals surface area (Å²) < 4.78 is 5.72. The van der Waals surface area contributed by atoms with E-state index in [1.807, 2.05) is 11.9 Å². The Morgan fingerprint density at radius 1 is 1.30 bits per heavy atom. The number of aliphatic hydroxyl groups is 4. The summed E-state index contributed by atoms with van der Waals surface area (Å²) in [7, 11) is 1.91. The monoisotopic (exact) mass is 406 g/mol. The van der Waals surface area contributed by atoms with E-state index >= 15 is 0 Å². The molecule has 2 saturated heterocycles. The van der Waals surface area contributed by atoms with Crippen molar-refractivity contribution in [3.05, 3.63) is 0 Å². The minimum atomic E-state index is -1.42. The zero-order valence-corrected chi connectivity index (χ0v) is 17.3. The fourth-order valence-corrected chi connectivity index (χ4v) is 4.81. The van der Waals surface area contributed by atoms with Crippen molar-refractivity contribution in [3.63, 3.8) is 0 Å². The second-order valence-electron chi connectivity index (χ2n) is 7.80. The largest absolute Gasteiger partial charge is 0.391 e. The van der Waals surface area contributed by atoms with Crippen LogP contribution in [0.4, 0.5) is 0 Å². The molecule has 0 spiro atoms. The van der Waals surface area contributed by atoms with Crippen molar-refractivity contribution in [2.75, 3.05) is 19.8 Å². The van der Waals surface area contributed by atoms with Crippen LogP contribution >= 0.6 is 11.8 Å². The standard InChI is InChI=1S/C18H34N2O6S/c1-5-6-10-7-11(20(3)8-10)17(25)19-12(9(2)21)16-14(23)13(22)15(24)18(26-16)27-4/h9-16,18,21-24H,5-8H2,1-4H3,(H,19,25)/t9-,10-,11-,12-,13+,14+,15-,16-,18+/m1/s1. The van der Waals surface area contributed by atoms with E-state index in [9.17, 15) is 25.2 Å². The fourth-order valence-electron chi connectivity index (χ4n) is 4.13. The van der Waals surface area contributed by atoms with E-state index in [-0.39, 0.29) is 11.9 Å². The van der Waals surface area contributed by atoms with Crippen LogP contribution in [0.15, 0.2) is 0 Å². The van der Waals surface area contributed by atoms with Crippen molar-refractivity contribution in [1.29, 1.82) is 0 Å². The number of ether oxygens (including phenoxy) is 1. The molecule has 9 atom stereocenters. The SMILES string of the molecule is CCC[C@@H]1C[C@H](C(=O)N[C@@H]([C@H]2O[C@@H](SC)[C@H](O)[C@@H](O)[C@@H]2O)[C@@H](C)O)N(C)C1. The number of rotatable bonds is 7. The molecule has 0 radical (unpaired) electrons. The molecule has 2 aliphatic heterocycles. The van der Waals surface area contributed by atoms with Gasteiger partial charge in [-0.2, -0.15) is 0 Å². The van der Waals surface area contributed by atoms with E-state index in [0.717, 1.165) is 25.8 Å².